The minimum atomic E-state index is 0.301. The summed E-state index contributed by atoms with van der Waals surface area (Å²) in [5.41, 5.74) is 3.01. The minimum absolute atomic E-state index is 0.301. The van der Waals surface area contributed by atoms with Crippen LogP contribution in [-0.4, -0.2) is 48.5 Å². The van der Waals surface area contributed by atoms with E-state index in [4.69, 9.17) is 9.26 Å². The van der Waals surface area contributed by atoms with Crippen LogP contribution in [0.15, 0.2) is 59.1 Å². The molecule has 0 amide bonds. The van der Waals surface area contributed by atoms with E-state index in [-0.39, 0.29) is 0 Å². The van der Waals surface area contributed by atoms with Crippen molar-refractivity contribution in [1.82, 2.24) is 10.1 Å². The Morgan fingerprint density at radius 1 is 1.00 bits per heavy atom. The fraction of sp³-hybridized carbons (Fsp3) is 0.286. The van der Waals surface area contributed by atoms with Crippen molar-refractivity contribution in [3.8, 4) is 22.8 Å². The van der Waals surface area contributed by atoms with Crippen molar-refractivity contribution in [2.45, 2.75) is 6.54 Å². The Kier molecular flexibility index (Phi) is 4.98. The second kappa shape index (κ2) is 7.72. The molecule has 1 N–H and O–H groups in total. The summed E-state index contributed by atoms with van der Waals surface area (Å²) in [7, 11) is 1.66. The lowest BCUT2D eigenvalue weighted by molar-refractivity contribution is 0.220. The van der Waals surface area contributed by atoms with Crippen LogP contribution in [0.4, 0.5) is 5.69 Å². The second-order valence-electron chi connectivity index (χ2n) is 6.69. The SMILES string of the molecule is COc1ccc(-c2cc(CN3CCN(c4ccc(O)cc4)CC3)on2)cc1. The minimum Gasteiger partial charge on any atom is -0.508 e. The Hall–Kier alpha value is -2.99. The number of hydrogen-bond donors (Lipinski definition) is 1. The van der Waals surface area contributed by atoms with Crippen LogP contribution in [0.1, 0.15) is 5.76 Å². The maximum Gasteiger partial charge on any atom is 0.151 e. The van der Waals surface area contributed by atoms with E-state index < -0.39 is 0 Å². The van der Waals surface area contributed by atoms with Crippen LogP contribution in [0.5, 0.6) is 11.5 Å². The van der Waals surface area contributed by atoms with Crippen LogP contribution in [0, 0.1) is 0 Å². The van der Waals surface area contributed by atoms with Gasteiger partial charge in [0.15, 0.2) is 5.76 Å². The number of piperazine rings is 1. The Bertz CT molecular complexity index is 866. The summed E-state index contributed by atoms with van der Waals surface area (Å²) < 4.78 is 10.7. The molecule has 3 aromatic rings. The lowest BCUT2D eigenvalue weighted by Crippen LogP contribution is -2.45. The average Bonchev–Trinajstić information content (AvgIpc) is 3.18. The van der Waals surface area contributed by atoms with E-state index in [2.05, 4.69) is 15.0 Å². The maximum atomic E-state index is 9.42. The van der Waals surface area contributed by atoms with Gasteiger partial charge in [0.05, 0.1) is 13.7 Å². The van der Waals surface area contributed by atoms with Gasteiger partial charge in [0, 0.05) is 43.5 Å². The van der Waals surface area contributed by atoms with Gasteiger partial charge in [-0.1, -0.05) is 5.16 Å². The van der Waals surface area contributed by atoms with Crippen LogP contribution < -0.4 is 9.64 Å². The van der Waals surface area contributed by atoms with E-state index in [1.807, 2.05) is 42.5 Å². The molecule has 6 nitrogen and oxygen atoms in total. The van der Waals surface area contributed by atoms with Gasteiger partial charge in [0.25, 0.3) is 0 Å². The van der Waals surface area contributed by atoms with Gasteiger partial charge in [0.1, 0.15) is 17.2 Å². The highest BCUT2D eigenvalue weighted by atomic mass is 16.5. The van der Waals surface area contributed by atoms with Crippen molar-refractivity contribution in [3.63, 3.8) is 0 Å². The highest BCUT2D eigenvalue weighted by Gasteiger charge is 2.19. The summed E-state index contributed by atoms with van der Waals surface area (Å²) in [6.07, 6.45) is 0. The summed E-state index contributed by atoms with van der Waals surface area (Å²) >= 11 is 0. The molecule has 0 radical (unpaired) electrons. The van der Waals surface area contributed by atoms with E-state index in [1.54, 1.807) is 19.2 Å². The normalized spacial score (nSPS) is 15.1. The Balaban J connectivity index is 1.34. The zero-order valence-electron chi connectivity index (χ0n) is 15.3. The first-order valence-electron chi connectivity index (χ1n) is 9.07. The molecule has 1 aliphatic heterocycles. The molecule has 0 atom stereocenters. The molecule has 1 saturated heterocycles. The van der Waals surface area contributed by atoms with E-state index >= 15 is 0 Å². The standard InChI is InChI=1S/C21H23N3O3/c1-26-19-8-2-16(3-9-19)21-14-20(27-22-21)15-23-10-12-24(13-11-23)17-4-6-18(25)7-5-17/h2-9,14,25H,10-13,15H2,1H3. The predicted octanol–water partition coefficient (Wildman–Crippen LogP) is 3.38. The molecule has 0 saturated carbocycles. The van der Waals surface area contributed by atoms with Crippen molar-refractivity contribution >= 4 is 5.69 Å². The van der Waals surface area contributed by atoms with Crippen LogP contribution in [-0.2, 0) is 6.54 Å². The maximum absolute atomic E-state index is 9.42. The topological polar surface area (TPSA) is 62.0 Å². The summed E-state index contributed by atoms with van der Waals surface area (Å²) in [6.45, 7) is 4.57. The van der Waals surface area contributed by atoms with Gasteiger partial charge in [0.2, 0.25) is 0 Å². The monoisotopic (exact) mass is 365 g/mol. The molecule has 0 spiro atoms. The number of methoxy groups -OCH3 is 1. The van der Waals surface area contributed by atoms with E-state index in [0.29, 0.717) is 5.75 Å². The first kappa shape index (κ1) is 17.4. The fourth-order valence-corrected chi connectivity index (χ4v) is 3.33. The molecule has 6 heteroatoms. The summed E-state index contributed by atoms with van der Waals surface area (Å²) in [6, 6.07) is 17.2. The molecular weight excluding hydrogens is 342 g/mol. The van der Waals surface area contributed by atoms with Crippen molar-refractivity contribution < 1.29 is 14.4 Å². The number of rotatable bonds is 5. The molecule has 0 aliphatic carbocycles. The number of benzene rings is 2. The predicted molar refractivity (Wildman–Crippen MR) is 104 cm³/mol. The number of aromatic nitrogens is 1. The second-order valence-corrected chi connectivity index (χ2v) is 6.69. The van der Waals surface area contributed by atoms with Crippen LogP contribution >= 0.6 is 0 Å². The van der Waals surface area contributed by atoms with E-state index in [9.17, 15) is 5.11 Å². The highest BCUT2D eigenvalue weighted by molar-refractivity contribution is 5.59. The molecule has 1 aromatic heterocycles. The van der Waals surface area contributed by atoms with Gasteiger partial charge < -0.3 is 19.3 Å². The molecule has 0 bridgehead atoms. The quantitative estimate of drug-likeness (QED) is 0.748. The lowest BCUT2D eigenvalue weighted by atomic mass is 10.1. The Labute approximate surface area is 158 Å². The molecule has 140 valence electrons. The molecule has 2 aromatic carbocycles. The number of nitrogens with zero attached hydrogens (tertiary/aromatic N) is 3. The lowest BCUT2D eigenvalue weighted by Gasteiger charge is -2.35. The van der Waals surface area contributed by atoms with Crippen molar-refractivity contribution in [2.24, 2.45) is 0 Å². The number of anilines is 1. The summed E-state index contributed by atoms with van der Waals surface area (Å²) in [4.78, 5) is 4.70. The summed E-state index contributed by atoms with van der Waals surface area (Å²) in [5.74, 6) is 2.00. The number of ether oxygens (including phenoxy) is 1. The molecule has 0 unspecified atom stereocenters. The highest BCUT2D eigenvalue weighted by Crippen LogP contribution is 2.24. The van der Waals surface area contributed by atoms with E-state index in [1.165, 1.54) is 0 Å². The van der Waals surface area contributed by atoms with Gasteiger partial charge >= 0.3 is 0 Å². The molecule has 27 heavy (non-hydrogen) atoms. The molecular formula is C21H23N3O3. The largest absolute Gasteiger partial charge is 0.508 e. The van der Waals surface area contributed by atoms with Gasteiger partial charge in [-0.3, -0.25) is 4.90 Å². The van der Waals surface area contributed by atoms with Crippen molar-refractivity contribution in [1.29, 1.82) is 0 Å². The number of phenols is 1. The number of hydrogen-bond acceptors (Lipinski definition) is 6. The third kappa shape index (κ3) is 4.06. The zero-order valence-corrected chi connectivity index (χ0v) is 15.3. The first-order valence-corrected chi connectivity index (χ1v) is 9.07. The Morgan fingerprint density at radius 3 is 2.37 bits per heavy atom. The number of aromatic hydroxyl groups is 1. The van der Waals surface area contributed by atoms with Crippen molar-refractivity contribution in [3.05, 3.63) is 60.4 Å². The third-order valence-electron chi connectivity index (χ3n) is 4.91. The third-order valence-corrected chi connectivity index (χ3v) is 4.91. The first-order chi connectivity index (χ1) is 13.2. The van der Waals surface area contributed by atoms with Crippen LogP contribution in [0.25, 0.3) is 11.3 Å². The summed E-state index contributed by atoms with van der Waals surface area (Å²) in [5, 5.41) is 13.6. The molecule has 1 fully saturated rings. The molecule has 2 heterocycles. The van der Waals surface area contributed by atoms with E-state index in [0.717, 1.165) is 61.2 Å². The van der Waals surface area contributed by atoms with Crippen LogP contribution in [0.3, 0.4) is 0 Å². The fourth-order valence-electron chi connectivity index (χ4n) is 3.33. The average molecular weight is 365 g/mol. The smallest absolute Gasteiger partial charge is 0.151 e. The van der Waals surface area contributed by atoms with Gasteiger partial charge in [-0.25, -0.2) is 0 Å². The Morgan fingerprint density at radius 2 is 1.70 bits per heavy atom. The number of phenolic OH excluding ortho intramolecular Hbond substituents is 1. The van der Waals surface area contributed by atoms with Gasteiger partial charge in [-0.15, -0.1) is 0 Å². The molecule has 1 aliphatic rings. The zero-order chi connectivity index (χ0) is 18.6. The molecule has 4 rings (SSSR count). The van der Waals surface area contributed by atoms with Crippen molar-refractivity contribution in [2.75, 3.05) is 38.2 Å². The van der Waals surface area contributed by atoms with Crippen LogP contribution in [0.2, 0.25) is 0 Å². The van der Waals surface area contributed by atoms with Gasteiger partial charge in [-0.2, -0.15) is 0 Å². The van der Waals surface area contributed by atoms with Gasteiger partial charge in [-0.05, 0) is 48.5 Å².